The Morgan fingerprint density at radius 1 is 0.958 bits per heavy atom. The van der Waals surface area contributed by atoms with Crippen LogP contribution in [-0.2, 0) is 9.53 Å². The quantitative estimate of drug-likeness (QED) is 0.237. The summed E-state index contributed by atoms with van der Waals surface area (Å²) in [6.07, 6.45) is -0.168. The summed E-state index contributed by atoms with van der Waals surface area (Å²) in [5.41, 5.74) is -0.709. The maximum absolute atomic E-state index is 13.4. The SMILES string of the molecule is CC(C)COC(C)(C)CCC(=O)Oc1c(F)c(F)c(F)c(F)c1F. The van der Waals surface area contributed by atoms with E-state index < -0.39 is 46.4 Å². The van der Waals surface area contributed by atoms with E-state index in [1.807, 2.05) is 13.8 Å². The molecule has 0 aliphatic rings. The molecule has 0 saturated carbocycles. The first kappa shape index (κ1) is 20.3. The number of esters is 1. The molecule has 0 fully saturated rings. The topological polar surface area (TPSA) is 35.5 Å². The molecule has 0 unspecified atom stereocenters. The van der Waals surface area contributed by atoms with Crippen molar-refractivity contribution in [1.29, 1.82) is 0 Å². The van der Waals surface area contributed by atoms with Gasteiger partial charge in [-0.15, -0.1) is 0 Å². The highest BCUT2D eigenvalue weighted by molar-refractivity contribution is 5.72. The highest BCUT2D eigenvalue weighted by atomic mass is 19.2. The highest BCUT2D eigenvalue weighted by Gasteiger charge is 2.29. The van der Waals surface area contributed by atoms with Gasteiger partial charge in [-0.3, -0.25) is 4.79 Å². The van der Waals surface area contributed by atoms with Gasteiger partial charge in [0.1, 0.15) is 0 Å². The maximum atomic E-state index is 13.4. The van der Waals surface area contributed by atoms with Crippen molar-refractivity contribution in [2.45, 2.75) is 46.1 Å². The van der Waals surface area contributed by atoms with Gasteiger partial charge in [0.05, 0.1) is 5.60 Å². The number of ether oxygens (including phenoxy) is 2. The number of halogens is 5. The smallest absolute Gasteiger partial charge is 0.311 e. The number of hydrogen-bond donors (Lipinski definition) is 0. The molecule has 0 aliphatic heterocycles. The van der Waals surface area contributed by atoms with Crippen LogP contribution in [0, 0.1) is 35.0 Å². The van der Waals surface area contributed by atoms with Gasteiger partial charge in [0, 0.05) is 13.0 Å². The van der Waals surface area contributed by atoms with Gasteiger partial charge in [-0.25, -0.2) is 13.2 Å². The summed E-state index contributed by atoms with van der Waals surface area (Å²) in [5.74, 6) is -13.5. The lowest BCUT2D eigenvalue weighted by molar-refractivity contribution is -0.136. The van der Waals surface area contributed by atoms with E-state index >= 15 is 0 Å². The Labute approximate surface area is 136 Å². The fourth-order valence-electron chi connectivity index (χ4n) is 1.71. The number of rotatable bonds is 7. The largest absolute Gasteiger partial charge is 0.420 e. The maximum Gasteiger partial charge on any atom is 0.311 e. The second kappa shape index (κ2) is 7.92. The number of hydrogen-bond acceptors (Lipinski definition) is 3. The average molecular weight is 354 g/mol. The Morgan fingerprint density at radius 3 is 1.88 bits per heavy atom. The molecule has 1 rings (SSSR count). The second-order valence-electron chi connectivity index (χ2n) is 6.34. The molecule has 0 amide bonds. The van der Waals surface area contributed by atoms with Gasteiger partial charge < -0.3 is 9.47 Å². The van der Waals surface area contributed by atoms with Crippen LogP contribution in [0.5, 0.6) is 5.75 Å². The van der Waals surface area contributed by atoms with Gasteiger partial charge in [-0.2, -0.15) is 8.78 Å². The molecule has 0 aromatic heterocycles. The molecule has 0 heterocycles. The number of carbonyl (C=O) groups is 1. The van der Waals surface area contributed by atoms with Crippen molar-refractivity contribution in [3.63, 3.8) is 0 Å². The van der Waals surface area contributed by atoms with Crippen LogP contribution in [0.3, 0.4) is 0 Å². The monoisotopic (exact) mass is 354 g/mol. The van der Waals surface area contributed by atoms with E-state index in [0.717, 1.165) is 0 Å². The Bertz CT molecular complexity index is 585. The van der Waals surface area contributed by atoms with Crippen molar-refractivity contribution >= 4 is 5.97 Å². The molecule has 8 heteroatoms. The summed E-state index contributed by atoms with van der Waals surface area (Å²) >= 11 is 0. The average Bonchev–Trinajstić information content (AvgIpc) is 2.51. The Morgan fingerprint density at radius 2 is 1.42 bits per heavy atom. The summed E-state index contributed by atoms with van der Waals surface area (Å²) in [6, 6.07) is 0. The predicted octanol–water partition coefficient (Wildman–Crippen LogP) is 4.52. The Kier molecular flexibility index (Phi) is 6.71. The first-order valence-corrected chi connectivity index (χ1v) is 7.32. The molecule has 3 nitrogen and oxygen atoms in total. The zero-order valence-corrected chi connectivity index (χ0v) is 13.8. The molecule has 1 aromatic carbocycles. The molecule has 0 spiro atoms. The van der Waals surface area contributed by atoms with Crippen molar-refractivity contribution in [3.8, 4) is 5.75 Å². The second-order valence-corrected chi connectivity index (χ2v) is 6.34. The summed E-state index contributed by atoms with van der Waals surface area (Å²) in [5, 5.41) is 0. The molecule has 0 N–H and O–H groups in total. The van der Waals surface area contributed by atoms with E-state index in [1.54, 1.807) is 13.8 Å². The minimum atomic E-state index is -2.31. The molecule has 24 heavy (non-hydrogen) atoms. The lowest BCUT2D eigenvalue weighted by Crippen LogP contribution is -2.28. The van der Waals surface area contributed by atoms with Crippen LogP contribution in [0.15, 0.2) is 0 Å². The van der Waals surface area contributed by atoms with E-state index in [-0.39, 0.29) is 18.8 Å². The van der Waals surface area contributed by atoms with Gasteiger partial charge in [0.2, 0.25) is 34.8 Å². The fraction of sp³-hybridized carbons (Fsp3) is 0.562. The molecule has 0 atom stereocenters. The van der Waals surface area contributed by atoms with E-state index in [4.69, 9.17) is 4.74 Å². The first-order valence-electron chi connectivity index (χ1n) is 7.32. The summed E-state index contributed by atoms with van der Waals surface area (Å²) < 4.78 is 75.7. The third-order valence-electron chi connectivity index (χ3n) is 3.12. The lowest BCUT2D eigenvalue weighted by Gasteiger charge is -2.26. The Balaban J connectivity index is 2.76. The molecule has 1 aromatic rings. The van der Waals surface area contributed by atoms with Crippen molar-refractivity contribution in [3.05, 3.63) is 29.1 Å². The zero-order valence-electron chi connectivity index (χ0n) is 13.8. The first-order chi connectivity index (χ1) is 11.0. The third kappa shape index (κ3) is 5.15. The predicted molar refractivity (Wildman–Crippen MR) is 76.0 cm³/mol. The third-order valence-corrected chi connectivity index (χ3v) is 3.12. The molecule has 136 valence electrons. The van der Waals surface area contributed by atoms with Crippen LogP contribution in [0.2, 0.25) is 0 Å². The normalized spacial score (nSPS) is 11.9. The van der Waals surface area contributed by atoms with Gasteiger partial charge in [-0.05, 0) is 26.2 Å². The van der Waals surface area contributed by atoms with Crippen LogP contribution in [0.25, 0.3) is 0 Å². The van der Waals surface area contributed by atoms with Crippen molar-refractivity contribution < 1.29 is 36.2 Å². The number of carbonyl (C=O) groups excluding carboxylic acids is 1. The van der Waals surface area contributed by atoms with Gasteiger partial charge in [0.15, 0.2) is 0 Å². The van der Waals surface area contributed by atoms with E-state index in [0.29, 0.717) is 6.61 Å². The van der Waals surface area contributed by atoms with Gasteiger partial charge in [0.25, 0.3) is 0 Å². The zero-order chi connectivity index (χ0) is 18.7. The molecule has 0 radical (unpaired) electrons. The van der Waals surface area contributed by atoms with Crippen LogP contribution in [-0.4, -0.2) is 18.2 Å². The van der Waals surface area contributed by atoms with E-state index in [2.05, 4.69) is 4.74 Å². The lowest BCUT2D eigenvalue weighted by atomic mass is 10.0. The molecule has 0 saturated heterocycles. The van der Waals surface area contributed by atoms with Crippen LogP contribution < -0.4 is 4.74 Å². The minimum Gasteiger partial charge on any atom is -0.420 e. The van der Waals surface area contributed by atoms with Crippen LogP contribution >= 0.6 is 0 Å². The molecular weight excluding hydrogens is 335 g/mol. The molecule has 0 bridgehead atoms. The van der Waals surface area contributed by atoms with Gasteiger partial charge >= 0.3 is 5.97 Å². The number of benzene rings is 1. The van der Waals surface area contributed by atoms with E-state index in [1.165, 1.54) is 0 Å². The van der Waals surface area contributed by atoms with Crippen LogP contribution in [0.1, 0.15) is 40.5 Å². The van der Waals surface area contributed by atoms with Crippen LogP contribution in [0.4, 0.5) is 22.0 Å². The summed E-state index contributed by atoms with van der Waals surface area (Å²) in [7, 11) is 0. The standard InChI is InChI=1S/C16H19F5O3/c1-8(2)7-23-16(3,4)6-5-9(22)24-15-13(20)11(18)10(17)12(19)14(15)21/h8H,5-7H2,1-4H3. The minimum absolute atomic E-state index is 0.147. The molecule has 0 aliphatic carbocycles. The van der Waals surface area contributed by atoms with Crippen molar-refractivity contribution in [2.24, 2.45) is 5.92 Å². The summed E-state index contributed by atoms with van der Waals surface area (Å²) in [6.45, 7) is 7.74. The van der Waals surface area contributed by atoms with Crippen molar-refractivity contribution in [1.82, 2.24) is 0 Å². The fourth-order valence-corrected chi connectivity index (χ4v) is 1.71. The summed E-state index contributed by atoms with van der Waals surface area (Å²) in [4.78, 5) is 11.7. The van der Waals surface area contributed by atoms with Gasteiger partial charge in [-0.1, -0.05) is 13.8 Å². The Hall–Kier alpha value is -1.70. The molecular formula is C16H19F5O3. The van der Waals surface area contributed by atoms with E-state index in [9.17, 15) is 26.7 Å². The highest BCUT2D eigenvalue weighted by Crippen LogP contribution is 2.29. The van der Waals surface area contributed by atoms with Crippen molar-refractivity contribution in [2.75, 3.05) is 6.61 Å².